The topological polar surface area (TPSA) is 99.4 Å². The summed E-state index contributed by atoms with van der Waals surface area (Å²) in [7, 11) is 0. The molecule has 0 aliphatic carbocycles. The van der Waals surface area contributed by atoms with Crippen molar-refractivity contribution < 1.29 is 32.5 Å². The van der Waals surface area contributed by atoms with Crippen molar-refractivity contribution in [3.05, 3.63) is 106 Å². The lowest BCUT2D eigenvalue weighted by Crippen LogP contribution is -2.27. The first-order valence-electron chi connectivity index (χ1n) is 14.0. The zero-order valence-electron chi connectivity index (χ0n) is 24.3. The van der Waals surface area contributed by atoms with E-state index in [2.05, 4.69) is 9.97 Å². The van der Waals surface area contributed by atoms with Gasteiger partial charge in [-0.2, -0.15) is 4.39 Å². The molecule has 8 nitrogen and oxygen atoms in total. The number of pyridine rings is 2. The number of nitrogens with zero attached hydrogens (tertiary/aromatic N) is 4. The summed E-state index contributed by atoms with van der Waals surface area (Å²) in [6.07, 6.45) is -0.0422. The summed E-state index contributed by atoms with van der Waals surface area (Å²) in [4.78, 5) is 24.5. The van der Waals surface area contributed by atoms with Crippen LogP contribution in [0.3, 0.4) is 0 Å². The number of rotatable bonds is 8. The van der Waals surface area contributed by atoms with Gasteiger partial charge in [-0.05, 0) is 61.0 Å². The minimum Gasteiger partial charge on any atom is -0.478 e. The largest absolute Gasteiger partial charge is 0.478 e. The number of fused-ring (bicyclic) bond motifs is 1. The van der Waals surface area contributed by atoms with Crippen LogP contribution in [0.15, 0.2) is 60.7 Å². The number of carboxylic acid groups (broad SMARTS) is 1. The maximum atomic E-state index is 15.6. The Hall–Kier alpha value is -4.77. The van der Waals surface area contributed by atoms with E-state index in [0.29, 0.717) is 35.8 Å². The molecule has 1 saturated heterocycles. The van der Waals surface area contributed by atoms with Gasteiger partial charge in [0, 0.05) is 34.7 Å². The zero-order chi connectivity index (χ0) is 31.2. The van der Waals surface area contributed by atoms with Crippen molar-refractivity contribution in [3.63, 3.8) is 0 Å². The Morgan fingerprint density at radius 2 is 1.84 bits per heavy atom. The van der Waals surface area contributed by atoms with Crippen molar-refractivity contribution in [1.29, 1.82) is 0 Å². The van der Waals surface area contributed by atoms with Crippen molar-refractivity contribution in [1.82, 2.24) is 19.5 Å². The monoisotopic (exact) mass is 602 g/mol. The lowest BCUT2D eigenvalue weighted by Gasteiger charge is -2.28. The van der Waals surface area contributed by atoms with Gasteiger partial charge in [-0.15, -0.1) is 0 Å². The van der Waals surface area contributed by atoms with Gasteiger partial charge in [-0.1, -0.05) is 19.9 Å². The van der Waals surface area contributed by atoms with Gasteiger partial charge in [0.2, 0.25) is 11.8 Å². The maximum Gasteiger partial charge on any atom is 0.335 e. The van der Waals surface area contributed by atoms with Gasteiger partial charge in [-0.25, -0.2) is 28.5 Å². The molecular weight excluding hydrogens is 573 g/mol. The second-order valence-corrected chi connectivity index (χ2v) is 11.6. The fraction of sp³-hybridized carbons (Fsp3) is 0.273. The van der Waals surface area contributed by atoms with E-state index < -0.39 is 23.6 Å². The number of aromatic nitrogens is 4. The third-order valence-electron chi connectivity index (χ3n) is 7.90. The zero-order valence-corrected chi connectivity index (χ0v) is 24.3. The molecule has 2 aromatic carbocycles. The summed E-state index contributed by atoms with van der Waals surface area (Å²) in [5.41, 5.74) is 1.85. The number of imidazole rings is 1. The van der Waals surface area contributed by atoms with Gasteiger partial charge in [-0.3, -0.25) is 0 Å². The van der Waals surface area contributed by atoms with Crippen LogP contribution < -0.4 is 4.74 Å². The third-order valence-corrected chi connectivity index (χ3v) is 7.90. The molecule has 0 spiro atoms. The summed E-state index contributed by atoms with van der Waals surface area (Å²) in [5.74, 6) is -2.50. The first-order chi connectivity index (χ1) is 21.0. The summed E-state index contributed by atoms with van der Waals surface area (Å²) in [6, 6.07) is 14.5. The van der Waals surface area contributed by atoms with Gasteiger partial charge >= 0.3 is 5.97 Å². The van der Waals surface area contributed by atoms with E-state index in [1.165, 1.54) is 12.1 Å². The van der Waals surface area contributed by atoms with E-state index in [1.807, 2.05) is 18.4 Å². The molecule has 4 heterocycles. The standard InChI is InChI=1S/C33H29F3N4O4/c1-18-7-8-20(31(36)37-18)15-44-30-6-4-5-25(39-30)22-14-23(34)21(11-24(22)35)13-29-38-26-10-9-19(32(41)42)12-27(26)40(29)28-16-43-17-33(28,2)3/h4-12,14,28H,13,15-17H2,1-3H3,(H,41,42)/t28-/m1/s1. The van der Waals surface area contributed by atoms with Crippen LogP contribution in [0.1, 0.15) is 52.9 Å². The predicted octanol–water partition coefficient (Wildman–Crippen LogP) is 6.68. The van der Waals surface area contributed by atoms with E-state index >= 15 is 8.78 Å². The Balaban J connectivity index is 1.31. The number of carbonyl (C=O) groups is 1. The Kier molecular flexibility index (Phi) is 7.58. The predicted molar refractivity (Wildman–Crippen MR) is 156 cm³/mol. The minimum absolute atomic E-state index is 0.0422. The molecular formula is C33H29F3N4O4. The molecule has 0 unspecified atom stereocenters. The van der Waals surface area contributed by atoms with Gasteiger partial charge in [0.05, 0.1) is 41.5 Å². The number of ether oxygens (including phenoxy) is 2. The molecule has 1 atom stereocenters. The summed E-state index contributed by atoms with van der Waals surface area (Å²) < 4.78 is 58.5. The van der Waals surface area contributed by atoms with E-state index in [1.54, 1.807) is 43.3 Å². The number of carboxylic acids is 1. The molecule has 3 aromatic heterocycles. The summed E-state index contributed by atoms with van der Waals surface area (Å²) >= 11 is 0. The quantitative estimate of drug-likeness (QED) is 0.198. The van der Waals surface area contributed by atoms with Crippen LogP contribution in [0, 0.1) is 29.9 Å². The molecule has 1 N–H and O–H groups in total. The van der Waals surface area contributed by atoms with Crippen LogP contribution in [-0.2, 0) is 17.8 Å². The SMILES string of the molecule is Cc1ccc(COc2cccc(-c3cc(F)c(Cc4nc5ccc(C(=O)O)cc5n4[C@@H]4COCC4(C)C)cc3F)n2)c(F)n1. The lowest BCUT2D eigenvalue weighted by atomic mass is 9.87. The van der Waals surface area contributed by atoms with Crippen molar-refractivity contribution in [2.75, 3.05) is 13.2 Å². The average molecular weight is 603 g/mol. The fourth-order valence-electron chi connectivity index (χ4n) is 5.48. The van der Waals surface area contributed by atoms with E-state index in [9.17, 15) is 14.3 Å². The number of aromatic carboxylic acids is 1. The van der Waals surface area contributed by atoms with Gasteiger partial charge in [0.1, 0.15) is 24.1 Å². The summed E-state index contributed by atoms with van der Waals surface area (Å²) in [6.45, 7) is 6.47. The summed E-state index contributed by atoms with van der Waals surface area (Å²) in [5, 5.41) is 9.58. The lowest BCUT2D eigenvalue weighted by molar-refractivity contribution is 0.0697. The third kappa shape index (κ3) is 5.62. The van der Waals surface area contributed by atoms with Gasteiger partial charge in [0.15, 0.2) is 0 Å². The highest BCUT2D eigenvalue weighted by Gasteiger charge is 2.39. The van der Waals surface area contributed by atoms with Crippen molar-refractivity contribution in [2.24, 2.45) is 5.41 Å². The Bertz CT molecular complexity index is 1910. The second kappa shape index (κ2) is 11.4. The number of halogens is 3. The number of hydrogen-bond acceptors (Lipinski definition) is 6. The normalized spacial score (nSPS) is 16.0. The molecule has 1 aliphatic heterocycles. The van der Waals surface area contributed by atoms with E-state index in [4.69, 9.17) is 14.5 Å². The second-order valence-electron chi connectivity index (χ2n) is 11.6. The highest BCUT2D eigenvalue weighted by atomic mass is 19.1. The molecule has 11 heteroatoms. The van der Waals surface area contributed by atoms with Crippen molar-refractivity contribution in [2.45, 2.75) is 39.8 Å². The number of aryl methyl sites for hydroxylation is 1. The number of benzene rings is 2. The molecule has 1 fully saturated rings. The van der Waals surface area contributed by atoms with Crippen molar-refractivity contribution in [3.8, 4) is 17.1 Å². The molecule has 226 valence electrons. The van der Waals surface area contributed by atoms with Crippen LogP contribution in [0.25, 0.3) is 22.3 Å². The molecule has 0 bridgehead atoms. The average Bonchev–Trinajstić information content (AvgIpc) is 3.51. The fourth-order valence-corrected chi connectivity index (χ4v) is 5.48. The molecule has 1 aliphatic rings. The molecule has 44 heavy (non-hydrogen) atoms. The molecule has 0 amide bonds. The molecule has 0 saturated carbocycles. The minimum atomic E-state index is -1.07. The van der Waals surface area contributed by atoms with Crippen LogP contribution in [-0.4, -0.2) is 43.8 Å². The highest BCUT2D eigenvalue weighted by Crippen LogP contribution is 2.40. The van der Waals surface area contributed by atoms with E-state index in [0.717, 1.165) is 12.1 Å². The maximum absolute atomic E-state index is 15.6. The Labute approximate surface area is 251 Å². The van der Waals surface area contributed by atoms with E-state index in [-0.39, 0.29) is 58.3 Å². The number of hydrogen-bond donors (Lipinski definition) is 1. The van der Waals surface area contributed by atoms with Crippen LogP contribution in [0.4, 0.5) is 13.2 Å². The van der Waals surface area contributed by atoms with Crippen LogP contribution in [0.2, 0.25) is 0 Å². The first-order valence-corrected chi connectivity index (χ1v) is 14.0. The molecule has 5 aromatic rings. The molecule has 0 radical (unpaired) electrons. The van der Waals surface area contributed by atoms with Crippen LogP contribution >= 0.6 is 0 Å². The Morgan fingerprint density at radius 3 is 2.57 bits per heavy atom. The smallest absolute Gasteiger partial charge is 0.335 e. The van der Waals surface area contributed by atoms with Crippen molar-refractivity contribution >= 4 is 17.0 Å². The first kappa shape index (κ1) is 29.3. The van der Waals surface area contributed by atoms with Crippen LogP contribution in [0.5, 0.6) is 5.88 Å². The van der Waals surface area contributed by atoms with Gasteiger partial charge in [0.25, 0.3) is 0 Å². The Morgan fingerprint density at radius 1 is 1.02 bits per heavy atom. The molecule has 6 rings (SSSR count). The van der Waals surface area contributed by atoms with Gasteiger partial charge < -0.3 is 19.1 Å². The highest BCUT2D eigenvalue weighted by molar-refractivity contribution is 5.92.